The fourth-order valence-electron chi connectivity index (χ4n) is 4.41. The number of fused-ring (bicyclic) bond motifs is 1. The van der Waals surface area contributed by atoms with Crippen molar-refractivity contribution < 1.29 is 13.9 Å². The molecule has 1 aliphatic heterocycles. The molecule has 0 saturated carbocycles. The summed E-state index contributed by atoms with van der Waals surface area (Å²) in [5, 5.41) is 3.01. The summed E-state index contributed by atoms with van der Waals surface area (Å²) in [5.41, 5.74) is 0.465. The van der Waals surface area contributed by atoms with Gasteiger partial charge in [0.15, 0.2) is 5.65 Å². The van der Waals surface area contributed by atoms with Crippen molar-refractivity contribution >= 4 is 16.9 Å². The van der Waals surface area contributed by atoms with Crippen molar-refractivity contribution in [2.45, 2.75) is 39.3 Å². The van der Waals surface area contributed by atoms with Crippen LogP contribution in [0, 0.1) is 5.82 Å². The standard InChI is InChI=1S/C25H30FN5O4/c1-4-31-22-21(24(33)29-25(31)34)18(13-19(28-22)15(2)3)23(32)27-14-20(30-8-10-35-11-9-30)16-6-5-7-17(26)12-16/h5-7,12-13,15,20H,4,8-11,14H2,1-3H3,(H,27,32)(H,29,33,34). The number of carbonyl (C=O) groups is 1. The monoisotopic (exact) mass is 483 g/mol. The Bertz CT molecular complexity index is 1340. The first-order chi connectivity index (χ1) is 16.8. The van der Waals surface area contributed by atoms with Gasteiger partial charge in [-0.2, -0.15) is 0 Å². The number of H-pyrrole nitrogens is 1. The number of nitrogens with one attached hydrogen (secondary N) is 2. The third kappa shape index (κ3) is 5.18. The van der Waals surface area contributed by atoms with Gasteiger partial charge in [-0.1, -0.05) is 26.0 Å². The summed E-state index contributed by atoms with van der Waals surface area (Å²) in [5.74, 6) is -0.835. The summed E-state index contributed by atoms with van der Waals surface area (Å²) in [6, 6.07) is 7.66. The van der Waals surface area contributed by atoms with Crippen molar-refractivity contribution in [3.05, 3.63) is 73.8 Å². The van der Waals surface area contributed by atoms with E-state index < -0.39 is 17.2 Å². The molecule has 1 aromatic carbocycles. The summed E-state index contributed by atoms with van der Waals surface area (Å²) in [4.78, 5) is 47.5. The summed E-state index contributed by atoms with van der Waals surface area (Å²) in [7, 11) is 0. The van der Waals surface area contributed by atoms with E-state index in [9.17, 15) is 18.8 Å². The molecule has 2 aromatic heterocycles. The molecule has 9 nitrogen and oxygen atoms in total. The molecule has 1 aliphatic rings. The molecule has 1 fully saturated rings. The van der Waals surface area contributed by atoms with Crippen LogP contribution in [0.5, 0.6) is 0 Å². The average molecular weight is 484 g/mol. The highest BCUT2D eigenvalue weighted by Crippen LogP contribution is 2.23. The van der Waals surface area contributed by atoms with Crippen LogP contribution in [-0.4, -0.2) is 58.2 Å². The number of halogens is 1. The van der Waals surface area contributed by atoms with Crippen molar-refractivity contribution in [3.8, 4) is 0 Å². The van der Waals surface area contributed by atoms with Crippen LogP contribution in [0.15, 0.2) is 39.9 Å². The molecule has 1 unspecified atom stereocenters. The van der Waals surface area contributed by atoms with Crippen molar-refractivity contribution in [1.82, 2.24) is 24.8 Å². The minimum atomic E-state index is -0.655. The Morgan fingerprint density at radius 3 is 2.63 bits per heavy atom. The van der Waals surface area contributed by atoms with Gasteiger partial charge in [-0.3, -0.25) is 24.0 Å². The number of pyridine rings is 1. The maximum atomic E-state index is 14.0. The average Bonchev–Trinajstić information content (AvgIpc) is 2.84. The lowest BCUT2D eigenvalue weighted by Gasteiger charge is -2.35. The van der Waals surface area contributed by atoms with Gasteiger partial charge in [0.05, 0.1) is 30.2 Å². The minimum absolute atomic E-state index is 0.0287. The zero-order valence-corrected chi connectivity index (χ0v) is 20.1. The molecular formula is C25H30FN5O4. The van der Waals surface area contributed by atoms with Gasteiger partial charge >= 0.3 is 5.69 Å². The van der Waals surface area contributed by atoms with Gasteiger partial charge in [-0.05, 0) is 36.6 Å². The Morgan fingerprint density at radius 1 is 1.23 bits per heavy atom. The number of rotatable bonds is 7. The van der Waals surface area contributed by atoms with Crippen LogP contribution in [0.1, 0.15) is 54.3 Å². The number of hydrogen-bond donors (Lipinski definition) is 2. The summed E-state index contributed by atoms with van der Waals surface area (Å²) >= 11 is 0. The van der Waals surface area contributed by atoms with Crippen molar-refractivity contribution in [3.63, 3.8) is 0 Å². The molecule has 0 bridgehead atoms. The first-order valence-corrected chi connectivity index (χ1v) is 11.8. The predicted octanol–water partition coefficient (Wildman–Crippen LogP) is 2.17. The number of amides is 1. The van der Waals surface area contributed by atoms with E-state index in [0.717, 1.165) is 5.56 Å². The number of benzene rings is 1. The zero-order chi connectivity index (χ0) is 25.1. The van der Waals surface area contributed by atoms with Crippen molar-refractivity contribution in [1.29, 1.82) is 0 Å². The molecule has 4 rings (SSSR count). The van der Waals surface area contributed by atoms with Gasteiger partial charge in [0, 0.05) is 31.9 Å². The van der Waals surface area contributed by atoms with E-state index in [4.69, 9.17) is 4.74 Å². The van der Waals surface area contributed by atoms with E-state index in [2.05, 4.69) is 20.2 Å². The number of morpholine rings is 1. The van der Waals surface area contributed by atoms with Gasteiger partial charge < -0.3 is 10.1 Å². The maximum absolute atomic E-state index is 14.0. The second-order valence-corrected chi connectivity index (χ2v) is 8.88. The van der Waals surface area contributed by atoms with Gasteiger partial charge in [0.1, 0.15) is 5.82 Å². The fraction of sp³-hybridized carbons (Fsp3) is 0.440. The Balaban J connectivity index is 1.72. The first kappa shape index (κ1) is 24.7. The number of aromatic amines is 1. The van der Waals surface area contributed by atoms with Crippen LogP contribution < -0.4 is 16.6 Å². The topological polar surface area (TPSA) is 109 Å². The molecule has 1 saturated heterocycles. The number of nitrogens with zero attached hydrogens (tertiary/aromatic N) is 3. The molecule has 0 spiro atoms. The van der Waals surface area contributed by atoms with Crippen LogP contribution >= 0.6 is 0 Å². The van der Waals surface area contributed by atoms with Crippen molar-refractivity contribution in [2.75, 3.05) is 32.8 Å². The summed E-state index contributed by atoms with van der Waals surface area (Å²) < 4.78 is 20.8. The lowest BCUT2D eigenvalue weighted by molar-refractivity contribution is 0.0162. The van der Waals surface area contributed by atoms with E-state index >= 15 is 0 Å². The molecule has 0 radical (unpaired) electrons. The predicted molar refractivity (Wildman–Crippen MR) is 130 cm³/mol. The van der Waals surface area contributed by atoms with Crippen LogP contribution in [0.3, 0.4) is 0 Å². The quantitative estimate of drug-likeness (QED) is 0.533. The fourth-order valence-corrected chi connectivity index (χ4v) is 4.41. The summed E-state index contributed by atoms with van der Waals surface area (Å²) in [6.45, 7) is 8.52. The highest BCUT2D eigenvalue weighted by Gasteiger charge is 2.25. The Labute approximate surface area is 201 Å². The molecule has 2 N–H and O–H groups in total. The second-order valence-electron chi connectivity index (χ2n) is 8.88. The molecule has 0 aliphatic carbocycles. The van der Waals surface area contributed by atoms with Crippen molar-refractivity contribution in [2.24, 2.45) is 0 Å². The van der Waals surface area contributed by atoms with Gasteiger partial charge in [0.2, 0.25) is 0 Å². The molecular weight excluding hydrogens is 453 g/mol. The highest BCUT2D eigenvalue weighted by molar-refractivity contribution is 6.05. The van der Waals surface area contributed by atoms with E-state index in [0.29, 0.717) is 38.5 Å². The van der Waals surface area contributed by atoms with E-state index in [1.807, 2.05) is 19.9 Å². The molecule has 1 amide bonds. The van der Waals surface area contributed by atoms with Gasteiger partial charge in [0.25, 0.3) is 11.5 Å². The number of aromatic nitrogens is 3. The molecule has 10 heteroatoms. The Kier molecular flexibility index (Phi) is 7.42. The lowest BCUT2D eigenvalue weighted by Crippen LogP contribution is -2.44. The van der Waals surface area contributed by atoms with E-state index in [1.54, 1.807) is 19.1 Å². The number of ether oxygens (including phenoxy) is 1. The molecule has 35 heavy (non-hydrogen) atoms. The second kappa shape index (κ2) is 10.5. The largest absolute Gasteiger partial charge is 0.379 e. The van der Waals surface area contributed by atoms with Crippen LogP contribution in [0.4, 0.5) is 4.39 Å². The number of aryl methyl sites for hydroxylation is 1. The molecule has 1 atom stereocenters. The maximum Gasteiger partial charge on any atom is 0.329 e. The minimum Gasteiger partial charge on any atom is -0.379 e. The molecule has 3 aromatic rings. The zero-order valence-electron chi connectivity index (χ0n) is 20.1. The smallest absolute Gasteiger partial charge is 0.329 e. The van der Waals surface area contributed by atoms with Crippen LogP contribution in [0.2, 0.25) is 0 Å². The Hall–Kier alpha value is -3.37. The van der Waals surface area contributed by atoms with Crippen LogP contribution in [-0.2, 0) is 11.3 Å². The third-order valence-electron chi connectivity index (χ3n) is 6.30. The lowest BCUT2D eigenvalue weighted by atomic mass is 10.0. The van der Waals surface area contributed by atoms with Gasteiger partial charge in [-0.25, -0.2) is 14.2 Å². The van der Waals surface area contributed by atoms with E-state index in [-0.39, 0.29) is 40.9 Å². The molecule has 3 heterocycles. The molecule has 186 valence electrons. The van der Waals surface area contributed by atoms with Gasteiger partial charge in [-0.15, -0.1) is 0 Å². The van der Waals surface area contributed by atoms with Crippen LogP contribution in [0.25, 0.3) is 11.0 Å². The normalized spacial score (nSPS) is 15.5. The third-order valence-corrected chi connectivity index (χ3v) is 6.30. The first-order valence-electron chi connectivity index (χ1n) is 11.8. The Morgan fingerprint density at radius 2 is 1.97 bits per heavy atom. The van der Waals surface area contributed by atoms with E-state index in [1.165, 1.54) is 16.7 Å². The highest BCUT2D eigenvalue weighted by atomic mass is 19.1. The number of carbonyl (C=O) groups excluding carboxylic acids is 1. The summed E-state index contributed by atoms with van der Waals surface area (Å²) in [6.07, 6.45) is 0. The number of hydrogen-bond acceptors (Lipinski definition) is 6. The SMILES string of the molecule is CCn1c(=O)[nH]c(=O)c2c(C(=O)NCC(c3cccc(F)c3)N3CCOCC3)cc(C(C)C)nc21.